The second kappa shape index (κ2) is 22.3. The molecule has 28 heteroatoms. The number of carboxylic acid groups (broad SMARTS) is 3. The number of ether oxygens (including phenoxy) is 4. The van der Waals surface area contributed by atoms with E-state index in [1.54, 1.807) is 0 Å². The molecule has 0 aromatic heterocycles. The van der Waals surface area contributed by atoms with E-state index in [1.165, 1.54) is 0 Å². The van der Waals surface area contributed by atoms with Gasteiger partial charge in [0.15, 0.2) is 0 Å². The van der Waals surface area contributed by atoms with Crippen molar-refractivity contribution in [2.45, 2.75) is 143 Å². The molecule has 2 heterocycles. The van der Waals surface area contributed by atoms with Crippen molar-refractivity contribution in [2.24, 2.45) is 0 Å². The highest BCUT2D eigenvalue weighted by atomic mass is 16.8. The number of amides is 3. The topological polar surface area (TPSA) is 476 Å². The molecule has 0 bridgehead atoms. The predicted molar refractivity (Wildman–Crippen MR) is 189 cm³/mol. The van der Waals surface area contributed by atoms with Crippen LogP contribution in [0.2, 0.25) is 0 Å². The van der Waals surface area contributed by atoms with Crippen LogP contribution in [0.4, 0.5) is 0 Å². The zero-order valence-electron chi connectivity index (χ0n) is 32.7. The number of rotatable bonds is 23. The molecule has 0 aromatic carbocycles. The predicted octanol–water partition coefficient (Wildman–Crippen LogP) is -9.68. The van der Waals surface area contributed by atoms with Gasteiger partial charge in [0.05, 0.1) is 56.3 Å². The largest absolute Gasteiger partial charge is 0.477 e. The number of hydrogen-bond donors (Lipinski definition) is 17. The average Bonchev–Trinajstić information content (AvgIpc) is 3.17. The number of aliphatic hydroxyl groups is 11. The Kier molecular flexibility index (Phi) is 19.4. The van der Waals surface area contributed by atoms with E-state index < -0.39 is 183 Å². The fourth-order valence-electron chi connectivity index (χ4n) is 6.78. The Morgan fingerprint density at radius 2 is 1.05 bits per heavy atom. The van der Waals surface area contributed by atoms with E-state index in [1.807, 2.05) is 5.32 Å². The van der Waals surface area contributed by atoms with E-state index in [2.05, 4.69) is 10.6 Å². The minimum absolute atomic E-state index is 0.847. The molecule has 2 saturated heterocycles. The molecule has 2 aliphatic rings. The summed E-state index contributed by atoms with van der Waals surface area (Å²) in [7, 11) is 0. The Balaban J connectivity index is 2.63. The lowest BCUT2D eigenvalue weighted by atomic mass is 9.87. The van der Waals surface area contributed by atoms with Gasteiger partial charge in [-0.05, 0) is 0 Å². The lowest BCUT2D eigenvalue weighted by Crippen LogP contribution is -2.71. The first kappa shape index (κ1) is 53.0. The number of nitrogens with one attached hydrogen (secondary N) is 3. The van der Waals surface area contributed by atoms with Gasteiger partial charge in [0, 0.05) is 40.0 Å². The number of aliphatic carboxylic acids is 3. The van der Waals surface area contributed by atoms with Crippen molar-refractivity contribution in [2.75, 3.05) is 19.8 Å². The number of hydrogen-bond acceptors (Lipinski definition) is 22. The van der Waals surface area contributed by atoms with Crippen LogP contribution in [-0.4, -0.2) is 236 Å². The maximum absolute atomic E-state index is 12.9. The fourth-order valence-corrected chi connectivity index (χ4v) is 6.78. The summed E-state index contributed by atoms with van der Waals surface area (Å²) in [6.45, 7) is -1.36. The Bertz CT molecular complexity index is 1570. The summed E-state index contributed by atoms with van der Waals surface area (Å²) in [5, 5.41) is 153. The third-order valence-corrected chi connectivity index (χ3v) is 9.73. The van der Waals surface area contributed by atoms with E-state index in [-0.39, 0.29) is 0 Å². The first-order valence-electron chi connectivity index (χ1n) is 18.2. The second-order valence-corrected chi connectivity index (χ2v) is 14.4. The molecule has 2 rings (SSSR count). The van der Waals surface area contributed by atoms with E-state index >= 15 is 0 Å². The summed E-state index contributed by atoms with van der Waals surface area (Å²) in [5.41, 5.74) is 0. The minimum atomic E-state index is -3.36. The van der Waals surface area contributed by atoms with Crippen molar-refractivity contribution in [1.29, 1.82) is 0 Å². The zero-order chi connectivity index (χ0) is 46.9. The van der Waals surface area contributed by atoms with Crippen molar-refractivity contribution in [1.82, 2.24) is 16.0 Å². The number of aliphatic hydroxyl groups excluding tert-OH is 11. The summed E-state index contributed by atoms with van der Waals surface area (Å²) in [6, 6.07) is -5.70. The molecule has 0 radical (unpaired) electrons. The highest BCUT2D eigenvalue weighted by Gasteiger charge is 2.61. The average molecular weight is 892 g/mol. The smallest absolute Gasteiger partial charge is 0.372 e. The van der Waals surface area contributed by atoms with Gasteiger partial charge in [0.2, 0.25) is 23.5 Å². The fraction of sp³-hybridized carbons (Fsp3) is 0.788. The Morgan fingerprint density at radius 3 is 1.41 bits per heavy atom. The quantitative estimate of drug-likeness (QED) is 0.0424. The standard InChI is InChI=1S/C33H53N3O25/c1-10(40)34-20(13(43)4-14(44)29(52)53)26(51)24(49)18(8-38)58-32(30(54)55)6-16(46)22(36-12(3)42)28(61-32)25(50)19(9-39)59-33(31(56)57)5-15(45)21(35-11(2)41)27(60-33)23(48)17(47)7-37/h13,15-28,37-39,43,45-51H,4-9H2,1-3H3,(H,34,40)(H,35,41)(H,36,42)(H,52,53)(H,54,55)(H,56,57). The number of carbonyl (C=O) groups excluding carboxylic acids is 4. The first-order valence-corrected chi connectivity index (χ1v) is 18.2. The summed E-state index contributed by atoms with van der Waals surface area (Å²) in [4.78, 5) is 84.4. The van der Waals surface area contributed by atoms with Crippen molar-refractivity contribution in [3.8, 4) is 0 Å². The highest BCUT2D eigenvalue weighted by molar-refractivity contribution is 6.32. The van der Waals surface area contributed by atoms with Gasteiger partial charge in [0.25, 0.3) is 11.6 Å². The van der Waals surface area contributed by atoms with Crippen molar-refractivity contribution >= 4 is 41.4 Å². The highest BCUT2D eigenvalue weighted by Crippen LogP contribution is 2.38. The molecule has 17 unspecified atom stereocenters. The summed E-state index contributed by atoms with van der Waals surface area (Å²) >= 11 is 0. The van der Waals surface area contributed by atoms with Crippen LogP contribution in [0.25, 0.3) is 0 Å². The van der Waals surface area contributed by atoms with Crippen molar-refractivity contribution in [3.63, 3.8) is 0 Å². The molecule has 17 atom stereocenters. The molecular formula is C33H53N3O25. The summed E-state index contributed by atoms with van der Waals surface area (Å²) in [6.07, 6.45) is -31.4. The van der Waals surface area contributed by atoms with Gasteiger partial charge in [-0.3, -0.25) is 19.2 Å². The van der Waals surface area contributed by atoms with Gasteiger partial charge in [-0.1, -0.05) is 0 Å². The third-order valence-electron chi connectivity index (χ3n) is 9.73. The van der Waals surface area contributed by atoms with E-state index in [9.17, 15) is 99.9 Å². The summed E-state index contributed by atoms with van der Waals surface area (Å²) < 4.78 is 22.0. The molecule has 3 amide bonds. The molecular weight excluding hydrogens is 838 g/mol. The number of carboxylic acids is 3. The van der Waals surface area contributed by atoms with Crippen LogP contribution in [-0.2, 0) is 52.5 Å². The Hall–Kier alpha value is -4.11. The van der Waals surface area contributed by atoms with Crippen LogP contribution in [0, 0.1) is 0 Å². The molecule has 2 aliphatic heterocycles. The van der Waals surface area contributed by atoms with Crippen LogP contribution in [0.5, 0.6) is 0 Å². The van der Waals surface area contributed by atoms with Crippen LogP contribution in [0.3, 0.4) is 0 Å². The lowest BCUT2D eigenvalue weighted by Gasteiger charge is -2.50. The lowest BCUT2D eigenvalue weighted by molar-refractivity contribution is -0.353. The SMILES string of the molecule is CC(=O)NC(C(O)CC(=O)C(=O)O)C(O)C(O)C(CO)OC1(C(=O)O)CC(O)C(NC(C)=O)C(C(O)C(CO)OC2(C(=O)O)CC(O)C(NC(C)=O)C(C(O)C(O)CO)O2)O1. The maximum Gasteiger partial charge on any atom is 0.372 e. The van der Waals surface area contributed by atoms with Gasteiger partial charge in [-0.25, -0.2) is 14.4 Å². The van der Waals surface area contributed by atoms with Gasteiger partial charge in [-0.2, -0.15) is 0 Å². The van der Waals surface area contributed by atoms with E-state index in [0.717, 1.165) is 20.8 Å². The Morgan fingerprint density at radius 1 is 0.623 bits per heavy atom. The second-order valence-electron chi connectivity index (χ2n) is 14.4. The van der Waals surface area contributed by atoms with Gasteiger partial charge < -0.3 is 106 Å². The molecule has 61 heavy (non-hydrogen) atoms. The molecule has 0 aromatic rings. The zero-order valence-corrected chi connectivity index (χ0v) is 32.7. The third kappa shape index (κ3) is 13.0. The monoisotopic (exact) mass is 891 g/mol. The van der Waals surface area contributed by atoms with Crippen LogP contribution in [0.15, 0.2) is 0 Å². The molecule has 350 valence electrons. The van der Waals surface area contributed by atoms with Crippen LogP contribution >= 0.6 is 0 Å². The molecule has 0 spiro atoms. The number of ketones is 1. The van der Waals surface area contributed by atoms with Gasteiger partial charge in [-0.15, -0.1) is 0 Å². The maximum atomic E-state index is 12.9. The molecule has 17 N–H and O–H groups in total. The summed E-state index contributed by atoms with van der Waals surface area (Å²) in [5.74, 6) is -17.4. The first-order chi connectivity index (χ1) is 28.2. The van der Waals surface area contributed by atoms with Crippen LogP contribution < -0.4 is 16.0 Å². The molecule has 2 fully saturated rings. The van der Waals surface area contributed by atoms with E-state index in [0.29, 0.717) is 0 Å². The van der Waals surface area contributed by atoms with Gasteiger partial charge >= 0.3 is 17.9 Å². The van der Waals surface area contributed by atoms with E-state index in [4.69, 9.17) is 24.1 Å². The van der Waals surface area contributed by atoms with Crippen LogP contribution in [0.1, 0.15) is 40.0 Å². The normalized spacial score (nSPS) is 31.1. The van der Waals surface area contributed by atoms with Crippen molar-refractivity contribution in [3.05, 3.63) is 0 Å². The Labute approximate surface area is 344 Å². The molecule has 28 nitrogen and oxygen atoms in total. The number of carbonyl (C=O) groups is 7. The number of Topliss-reactive ketones (excluding diaryl/α,β-unsaturated/α-hetero) is 1. The van der Waals surface area contributed by atoms with Crippen molar-refractivity contribution < 1.29 is 124 Å². The molecule has 0 saturated carbocycles. The molecule has 0 aliphatic carbocycles. The van der Waals surface area contributed by atoms with Gasteiger partial charge in [0.1, 0.15) is 54.9 Å². The minimum Gasteiger partial charge on any atom is -0.477 e.